The minimum Gasteiger partial charge on any atom is -0.545 e. The second kappa shape index (κ2) is 6.35. The number of carbonyl (C=O) groups excluding carboxylic acids is 1. The SMILES string of the molecule is O=C([O-])c1cc(Cl)c(OCc2ccc(Cl)cc2)c(Cl)c1. The van der Waals surface area contributed by atoms with Crippen LogP contribution in [0.15, 0.2) is 36.4 Å². The summed E-state index contributed by atoms with van der Waals surface area (Å²) in [6.45, 7) is 0.237. The van der Waals surface area contributed by atoms with Crippen LogP contribution < -0.4 is 9.84 Å². The molecule has 0 amide bonds. The van der Waals surface area contributed by atoms with Gasteiger partial charge in [0.2, 0.25) is 0 Å². The lowest BCUT2D eigenvalue weighted by molar-refractivity contribution is -0.255. The van der Waals surface area contributed by atoms with E-state index in [1.54, 1.807) is 24.3 Å². The minimum absolute atomic E-state index is 0.0983. The van der Waals surface area contributed by atoms with Crippen molar-refractivity contribution in [3.8, 4) is 5.75 Å². The molecule has 0 heterocycles. The van der Waals surface area contributed by atoms with Gasteiger partial charge in [0, 0.05) is 10.6 Å². The Morgan fingerprint density at radius 2 is 1.60 bits per heavy atom. The molecule has 0 spiro atoms. The van der Waals surface area contributed by atoms with Crippen molar-refractivity contribution in [3.05, 3.63) is 62.6 Å². The van der Waals surface area contributed by atoms with Gasteiger partial charge >= 0.3 is 0 Å². The van der Waals surface area contributed by atoms with Crippen molar-refractivity contribution >= 4 is 40.8 Å². The molecule has 0 aliphatic heterocycles. The van der Waals surface area contributed by atoms with Crippen LogP contribution in [0.5, 0.6) is 5.75 Å². The molecule has 0 bridgehead atoms. The molecule has 0 saturated carbocycles. The number of rotatable bonds is 4. The molecule has 3 nitrogen and oxygen atoms in total. The molecule has 0 atom stereocenters. The second-order valence-electron chi connectivity index (χ2n) is 3.97. The quantitative estimate of drug-likeness (QED) is 0.861. The molecule has 0 aliphatic rings. The van der Waals surface area contributed by atoms with Gasteiger partial charge in [0.15, 0.2) is 5.75 Å². The second-order valence-corrected chi connectivity index (χ2v) is 5.22. The summed E-state index contributed by atoms with van der Waals surface area (Å²) >= 11 is 17.7. The van der Waals surface area contributed by atoms with E-state index in [-0.39, 0.29) is 28.0 Å². The van der Waals surface area contributed by atoms with Gasteiger partial charge in [0.25, 0.3) is 0 Å². The predicted octanol–water partition coefficient (Wildman–Crippen LogP) is 3.59. The van der Waals surface area contributed by atoms with Gasteiger partial charge in [-0.3, -0.25) is 0 Å². The Kier molecular flexibility index (Phi) is 4.76. The molecule has 0 fully saturated rings. The smallest absolute Gasteiger partial charge is 0.157 e. The van der Waals surface area contributed by atoms with Crippen LogP contribution in [0.2, 0.25) is 15.1 Å². The highest BCUT2D eigenvalue weighted by Crippen LogP contribution is 2.34. The van der Waals surface area contributed by atoms with Crippen LogP contribution in [-0.4, -0.2) is 5.97 Å². The average molecular weight is 331 g/mol. The highest BCUT2D eigenvalue weighted by molar-refractivity contribution is 6.37. The van der Waals surface area contributed by atoms with Crippen LogP contribution in [0.25, 0.3) is 0 Å². The average Bonchev–Trinajstić information content (AvgIpc) is 2.39. The fraction of sp³-hybridized carbons (Fsp3) is 0.0714. The molecule has 0 aliphatic carbocycles. The Labute approximate surface area is 130 Å². The monoisotopic (exact) mass is 329 g/mol. The third-order valence-electron chi connectivity index (χ3n) is 2.53. The van der Waals surface area contributed by atoms with Gasteiger partial charge in [-0.2, -0.15) is 0 Å². The van der Waals surface area contributed by atoms with Crippen LogP contribution in [-0.2, 0) is 6.61 Å². The molecule has 2 aromatic rings. The Morgan fingerprint density at radius 3 is 2.10 bits per heavy atom. The summed E-state index contributed by atoms with van der Waals surface area (Å²) < 4.78 is 5.51. The summed E-state index contributed by atoms with van der Waals surface area (Å²) in [7, 11) is 0. The molecule has 0 saturated heterocycles. The van der Waals surface area contributed by atoms with E-state index in [2.05, 4.69) is 0 Å². The topological polar surface area (TPSA) is 49.4 Å². The van der Waals surface area contributed by atoms with E-state index in [9.17, 15) is 9.90 Å². The van der Waals surface area contributed by atoms with E-state index in [1.807, 2.05) is 0 Å². The van der Waals surface area contributed by atoms with Crippen LogP contribution in [0.1, 0.15) is 15.9 Å². The molecule has 0 radical (unpaired) electrons. The molecule has 2 aromatic carbocycles. The van der Waals surface area contributed by atoms with Crippen LogP contribution in [0, 0.1) is 0 Å². The fourth-order valence-electron chi connectivity index (χ4n) is 1.55. The Bertz CT molecular complexity index is 616. The van der Waals surface area contributed by atoms with Gasteiger partial charge in [0.05, 0.1) is 16.0 Å². The van der Waals surface area contributed by atoms with E-state index in [4.69, 9.17) is 39.5 Å². The largest absolute Gasteiger partial charge is 0.545 e. The molecule has 104 valence electrons. The first-order valence-corrected chi connectivity index (χ1v) is 6.68. The number of ether oxygens (including phenoxy) is 1. The Hall–Kier alpha value is -1.42. The van der Waals surface area contributed by atoms with Crippen molar-refractivity contribution in [2.24, 2.45) is 0 Å². The number of aromatic carboxylic acids is 1. The maximum absolute atomic E-state index is 10.7. The van der Waals surface area contributed by atoms with Gasteiger partial charge in [0.1, 0.15) is 6.61 Å². The van der Waals surface area contributed by atoms with E-state index >= 15 is 0 Å². The van der Waals surface area contributed by atoms with Crippen molar-refractivity contribution in [1.29, 1.82) is 0 Å². The van der Waals surface area contributed by atoms with Gasteiger partial charge in [-0.05, 0) is 29.8 Å². The third kappa shape index (κ3) is 3.57. The number of hydrogen-bond donors (Lipinski definition) is 0. The van der Waals surface area contributed by atoms with Crippen molar-refractivity contribution in [2.45, 2.75) is 6.61 Å². The van der Waals surface area contributed by atoms with Gasteiger partial charge in [-0.1, -0.05) is 46.9 Å². The Balaban J connectivity index is 2.17. The van der Waals surface area contributed by atoms with Crippen molar-refractivity contribution < 1.29 is 14.6 Å². The van der Waals surface area contributed by atoms with E-state index in [0.29, 0.717) is 5.02 Å². The lowest BCUT2D eigenvalue weighted by Crippen LogP contribution is -2.22. The lowest BCUT2D eigenvalue weighted by Gasteiger charge is -2.12. The molecule has 0 N–H and O–H groups in total. The molecule has 0 aromatic heterocycles. The van der Waals surface area contributed by atoms with Crippen LogP contribution in [0.4, 0.5) is 0 Å². The maximum atomic E-state index is 10.7. The summed E-state index contributed by atoms with van der Waals surface area (Å²) in [6.07, 6.45) is 0. The standard InChI is InChI=1S/C14H9Cl3O3/c15-10-3-1-8(2-4-10)7-20-13-11(16)5-9(14(18)19)6-12(13)17/h1-6H,7H2,(H,18,19)/p-1. The highest BCUT2D eigenvalue weighted by Gasteiger charge is 2.10. The first kappa shape index (κ1) is 15.0. The fourth-order valence-corrected chi connectivity index (χ4v) is 2.27. The zero-order chi connectivity index (χ0) is 14.7. The van der Waals surface area contributed by atoms with Gasteiger partial charge in [-0.15, -0.1) is 0 Å². The first-order chi connectivity index (χ1) is 9.47. The van der Waals surface area contributed by atoms with E-state index < -0.39 is 5.97 Å². The number of carboxylic acids is 1. The normalized spacial score (nSPS) is 10.3. The summed E-state index contributed by atoms with van der Waals surface area (Å²) in [5.41, 5.74) is 0.782. The van der Waals surface area contributed by atoms with Crippen LogP contribution in [0.3, 0.4) is 0 Å². The van der Waals surface area contributed by atoms with E-state index in [1.165, 1.54) is 12.1 Å². The van der Waals surface area contributed by atoms with Crippen molar-refractivity contribution in [3.63, 3.8) is 0 Å². The maximum Gasteiger partial charge on any atom is 0.157 e. The summed E-state index contributed by atoms with van der Waals surface area (Å²) in [6, 6.07) is 9.56. The van der Waals surface area contributed by atoms with Gasteiger partial charge in [-0.25, -0.2) is 0 Å². The molecular weight excluding hydrogens is 323 g/mol. The number of carbonyl (C=O) groups is 1. The van der Waals surface area contributed by atoms with Crippen molar-refractivity contribution in [2.75, 3.05) is 0 Å². The third-order valence-corrected chi connectivity index (χ3v) is 3.34. The van der Waals surface area contributed by atoms with Gasteiger partial charge < -0.3 is 14.6 Å². The molecular formula is C14H8Cl3O3-. The zero-order valence-corrected chi connectivity index (χ0v) is 12.3. The minimum atomic E-state index is -1.35. The van der Waals surface area contributed by atoms with Crippen molar-refractivity contribution in [1.82, 2.24) is 0 Å². The summed E-state index contributed by atoms with van der Waals surface area (Å²) in [4.78, 5) is 10.7. The van der Waals surface area contributed by atoms with E-state index in [0.717, 1.165) is 5.56 Å². The molecule has 6 heteroatoms. The molecule has 2 rings (SSSR count). The van der Waals surface area contributed by atoms with Crippen LogP contribution >= 0.6 is 34.8 Å². The number of carboxylic acid groups (broad SMARTS) is 1. The molecule has 20 heavy (non-hydrogen) atoms. The zero-order valence-electron chi connectivity index (χ0n) is 10.0. The number of hydrogen-bond acceptors (Lipinski definition) is 3. The summed E-state index contributed by atoms with van der Waals surface area (Å²) in [5.74, 6) is -1.12. The summed E-state index contributed by atoms with van der Waals surface area (Å²) in [5, 5.41) is 11.6. The highest BCUT2D eigenvalue weighted by atomic mass is 35.5. The first-order valence-electron chi connectivity index (χ1n) is 5.55. The number of benzene rings is 2. The Morgan fingerprint density at radius 1 is 1.05 bits per heavy atom. The predicted molar refractivity (Wildman–Crippen MR) is 76.6 cm³/mol. The molecule has 0 unspecified atom stereocenters. The number of halogens is 3. The lowest BCUT2D eigenvalue weighted by atomic mass is 10.2.